The molecule has 0 spiro atoms. The van der Waals surface area contributed by atoms with Crippen LogP contribution in [0.5, 0.6) is 0 Å². The lowest BCUT2D eigenvalue weighted by molar-refractivity contribution is 0.527. The molecule has 2 nitrogen and oxygen atoms in total. The highest BCUT2D eigenvalue weighted by Gasteiger charge is 2.20. The van der Waals surface area contributed by atoms with Crippen LogP contribution in [0.4, 0.5) is 0 Å². The first-order chi connectivity index (χ1) is 9.22. The first-order valence-electron chi connectivity index (χ1n) is 6.46. The molecule has 100 valence electrons. The predicted molar refractivity (Wildman–Crippen MR) is 78.9 cm³/mol. The van der Waals surface area contributed by atoms with Gasteiger partial charge >= 0.3 is 0 Å². The van der Waals surface area contributed by atoms with Crippen LogP contribution in [0.25, 0.3) is 0 Å². The van der Waals surface area contributed by atoms with Gasteiger partial charge in [0, 0.05) is 22.5 Å². The number of hydrogen-bond donors (Lipinski definition) is 1. The quantitative estimate of drug-likeness (QED) is 0.869. The number of hydrogen-bond acceptors (Lipinski definition) is 3. The molecule has 1 N–H and O–H groups in total. The van der Waals surface area contributed by atoms with Gasteiger partial charge in [-0.2, -0.15) is 0 Å². The molecule has 2 aromatic rings. The zero-order valence-electron chi connectivity index (χ0n) is 10.8. The molecule has 0 unspecified atom stereocenters. The van der Waals surface area contributed by atoms with Gasteiger partial charge in [-0.3, -0.25) is 0 Å². The molecule has 1 fully saturated rings. The second-order valence-corrected chi connectivity index (χ2v) is 6.37. The maximum atomic E-state index is 6.11. The van der Waals surface area contributed by atoms with Crippen molar-refractivity contribution in [3.8, 4) is 0 Å². The predicted octanol–water partition coefficient (Wildman–Crippen LogP) is 4.64. The first-order valence-corrected chi connectivity index (χ1v) is 7.65. The number of benzene rings is 1. The number of halogens is 1. The van der Waals surface area contributed by atoms with Gasteiger partial charge in [0.25, 0.3) is 0 Å². The Kier molecular flexibility index (Phi) is 3.87. The number of nitrogens with one attached hydrogen (secondary N) is 1. The molecule has 1 heterocycles. The summed E-state index contributed by atoms with van der Waals surface area (Å²) in [4.78, 5) is 2.35. The lowest BCUT2D eigenvalue weighted by atomic mass is 10.2. The Morgan fingerprint density at radius 3 is 2.84 bits per heavy atom. The second-order valence-electron chi connectivity index (χ2n) is 4.85. The van der Waals surface area contributed by atoms with Crippen molar-refractivity contribution in [1.29, 1.82) is 0 Å². The number of aryl methyl sites for hydroxylation is 1. The summed E-state index contributed by atoms with van der Waals surface area (Å²) in [5, 5.41) is 4.32. The zero-order valence-corrected chi connectivity index (χ0v) is 12.4. The SMILES string of the molecule is Cc1occc1Sc1cc(Cl)ccc1CNC1CC1. The smallest absolute Gasteiger partial charge is 0.114 e. The van der Waals surface area contributed by atoms with Gasteiger partial charge in [0.2, 0.25) is 0 Å². The van der Waals surface area contributed by atoms with Crippen LogP contribution in [0.3, 0.4) is 0 Å². The molecule has 0 aliphatic heterocycles. The normalized spacial score (nSPS) is 14.8. The molecule has 3 rings (SSSR count). The maximum Gasteiger partial charge on any atom is 0.114 e. The molecular weight excluding hydrogens is 278 g/mol. The summed E-state index contributed by atoms with van der Waals surface area (Å²) in [6, 6.07) is 8.80. The van der Waals surface area contributed by atoms with E-state index in [0.717, 1.165) is 22.2 Å². The average molecular weight is 294 g/mol. The van der Waals surface area contributed by atoms with Crippen molar-refractivity contribution in [1.82, 2.24) is 5.32 Å². The molecule has 1 aliphatic carbocycles. The highest BCUT2D eigenvalue weighted by Crippen LogP contribution is 2.35. The Morgan fingerprint density at radius 2 is 2.16 bits per heavy atom. The molecule has 0 atom stereocenters. The molecular formula is C15H16ClNOS. The van der Waals surface area contributed by atoms with Crippen molar-refractivity contribution in [3.05, 3.63) is 46.9 Å². The van der Waals surface area contributed by atoms with E-state index in [1.165, 1.54) is 23.3 Å². The van der Waals surface area contributed by atoms with E-state index in [9.17, 15) is 0 Å². The molecule has 1 saturated carbocycles. The van der Waals surface area contributed by atoms with E-state index in [1.807, 2.05) is 25.1 Å². The average Bonchev–Trinajstić information content (AvgIpc) is 3.13. The minimum atomic E-state index is 0.712. The molecule has 1 aliphatic rings. The standard InChI is InChI=1S/C15H16ClNOS/c1-10-14(6-7-18-10)19-15-8-12(16)3-2-11(15)9-17-13-4-5-13/h2-3,6-8,13,17H,4-5,9H2,1H3. The van der Waals surface area contributed by atoms with E-state index < -0.39 is 0 Å². The molecule has 0 radical (unpaired) electrons. The molecule has 4 heteroatoms. The second kappa shape index (κ2) is 5.61. The van der Waals surface area contributed by atoms with Crippen LogP contribution in [0, 0.1) is 6.92 Å². The van der Waals surface area contributed by atoms with E-state index in [-0.39, 0.29) is 0 Å². The zero-order chi connectivity index (χ0) is 13.2. The topological polar surface area (TPSA) is 25.2 Å². The van der Waals surface area contributed by atoms with Gasteiger partial charge in [-0.1, -0.05) is 29.4 Å². The fourth-order valence-electron chi connectivity index (χ4n) is 1.91. The van der Waals surface area contributed by atoms with E-state index in [4.69, 9.17) is 16.0 Å². The maximum absolute atomic E-state index is 6.11. The third-order valence-corrected chi connectivity index (χ3v) is 4.70. The molecule has 0 amide bonds. The van der Waals surface area contributed by atoms with Gasteiger partial charge in [0.15, 0.2) is 0 Å². The van der Waals surface area contributed by atoms with Crippen molar-refractivity contribution in [3.63, 3.8) is 0 Å². The summed E-state index contributed by atoms with van der Waals surface area (Å²) < 4.78 is 5.35. The summed E-state index contributed by atoms with van der Waals surface area (Å²) in [5.41, 5.74) is 1.29. The van der Waals surface area contributed by atoms with Crippen LogP contribution in [-0.4, -0.2) is 6.04 Å². The summed E-state index contributed by atoms with van der Waals surface area (Å²) >= 11 is 7.83. The fraction of sp³-hybridized carbons (Fsp3) is 0.333. The minimum Gasteiger partial charge on any atom is -0.468 e. The van der Waals surface area contributed by atoms with E-state index in [0.29, 0.717) is 6.04 Å². The van der Waals surface area contributed by atoms with Gasteiger partial charge in [-0.05, 0) is 43.5 Å². The lowest BCUT2D eigenvalue weighted by Gasteiger charge is -2.10. The van der Waals surface area contributed by atoms with E-state index in [1.54, 1.807) is 18.0 Å². The van der Waals surface area contributed by atoms with Crippen molar-refractivity contribution in [2.45, 2.75) is 42.1 Å². The van der Waals surface area contributed by atoms with E-state index >= 15 is 0 Å². The van der Waals surface area contributed by atoms with Crippen molar-refractivity contribution in [2.75, 3.05) is 0 Å². The Balaban J connectivity index is 1.80. The summed E-state index contributed by atoms with van der Waals surface area (Å²) in [7, 11) is 0. The summed E-state index contributed by atoms with van der Waals surface area (Å²) in [6.07, 6.45) is 4.33. The van der Waals surface area contributed by atoms with Crippen LogP contribution in [0.2, 0.25) is 5.02 Å². The fourth-order valence-corrected chi connectivity index (χ4v) is 3.16. The van der Waals surface area contributed by atoms with Crippen molar-refractivity contribution < 1.29 is 4.42 Å². The van der Waals surface area contributed by atoms with Crippen LogP contribution in [0.15, 0.2) is 44.7 Å². The van der Waals surface area contributed by atoms with Gasteiger partial charge in [0.1, 0.15) is 5.76 Å². The Morgan fingerprint density at radius 1 is 1.32 bits per heavy atom. The summed E-state index contributed by atoms with van der Waals surface area (Å²) in [6.45, 7) is 2.88. The third-order valence-electron chi connectivity index (χ3n) is 3.22. The van der Waals surface area contributed by atoms with Gasteiger partial charge in [-0.15, -0.1) is 0 Å². The van der Waals surface area contributed by atoms with E-state index in [2.05, 4.69) is 11.4 Å². The van der Waals surface area contributed by atoms with Crippen molar-refractivity contribution >= 4 is 23.4 Å². The number of furan rings is 1. The molecule has 1 aromatic heterocycles. The molecule has 0 saturated heterocycles. The summed E-state index contributed by atoms with van der Waals surface area (Å²) in [5.74, 6) is 0.950. The largest absolute Gasteiger partial charge is 0.468 e. The first kappa shape index (κ1) is 13.1. The van der Waals surface area contributed by atoms with Crippen LogP contribution in [0.1, 0.15) is 24.2 Å². The molecule has 19 heavy (non-hydrogen) atoms. The Hall–Kier alpha value is -0.900. The molecule has 0 bridgehead atoms. The highest BCUT2D eigenvalue weighted by atomic mass is 35.5. The monoisotopic (exact) mass is 293 g/mol. The van der Waals surface area contributed by atoms with Gasteiger partial charge in [-0.25, -0.2) is 0 Å². The van der Waals surface area contributed by atoms with Crippen LogP contribution < -0.4 is 5.32 Å². The highest BCUT2D eigenvalue weighted by molar-refractivity contribution is 7.99. The Labute approximate surface area is 122 Å². The lowest BCUT2D eigenvalue weighted by Crippen LogP contribution is -2.15. The van der Waals surface area contributed by atoms with Crippen LogP contribution >= 0.6 is 23.4 Å². The number of rotatable bonds is 5. The van der Waals surface area contributed by atoms with Gasteiger partial charge < -0.3 is 9.73 Å². The Bertz CT molecular complexity index is 577. The molecule has 1 aromatic carbocycles. The minimum absolute atomic E-state index is 0.712. The third kappa shape index (κ3) is 3.35. The van der Waals surface area contributed by atoms with Crippen molar-refractivity contribution in [2.24, 2.45) is 0 Å². The van der Waals surface area contributed by atoms with Gasteiger partial charge in [0.05, 0.1) is 11.2 Å². The van der Waals surface area contributed by atoms with Crippen LogP contribution in [-0.2, 0) is 6.54 Å².